The van der Waals surface area contributed by atoms with Crippen molar-refractivity contribution in [1.29, 1.82) is 5.26 Å². The summed E-state index contributed by atoms with van der Waals surface area (Å²) in [5, 5.41) is 34.0. The lowest BCUT2D eigenvalue weighted by Gasteiger charge is -2.50. The van der Waals surface area contributed by atoms with E-state index in [0.717, 1.165) is 11.8 Å². The second-order valence-electron chi connectivity index (χ2n) is 5.74. The number of rotatable bonds is 8. The van der Waals surface area contributed by atoms with E-state index in [2.05, 4.69) is 25.9 Å². The Balaban J connectivity index is 1.72. The summed E-state index contributed by atoms with van der Waals surface area (Å²) in [7, 11) is 0. The van der Waals surface area contributed by atoms with E-state index in [-0.39, 0.29) is 28.4 Å². The fourth-order valence-electron chi connectivity index (χ4n) is 2.79. The number of carbonyl (C=O) groups is 3. The van der Waals surface area contributed by atoms with Gasteiger partial charge in [-0.1, -0.05) is 11.8 Å². The van der Waals surface area contributed by atoms with Crippen LogP contribution in [0.2, 0.25) is 0 Å². The first-order chi connectivity index (χ1) is 13.4. The first kappa shape index (κ1) is 20.5. The molecule has 148 valence electrons. The lowest BCUT2D eigenvalue weighted by Crippen LogP contribution is -2.70. The Morgan fingerprint density at radius 1 is 1.57 bits per heavy atom. The quantitative estimate of drug-likeness (QED) is 0.275. The molecule has 11 nitrogen and oxygen atoms in total. The summed E-state index contributed by atoms with van der Waals surface area (Å²) >= 11 is 3.79. The second-order valence-corrected chi connectivity index (χ2v) is 9.14. The van der Waals surface area contributed by atoms with Crippen molar-refractivity contribution in [2.24, 2.45) is 0 Å². The van der Waals surface area contributed by atoms with E-state index >= 15 is 0 Å². The molecule has 2 aliphatic rings. The molecule has 1 fully saturated rings. The Bertz CT molecular complexity index is 854. The summed E-state index contributed by atoms with van der Waals surface area (Å²) in [6.45, 7) is 1.82. The number of aliphatic carboxylic acids is 1. The minimum atomic E-state index is -1.19. The summed E-state index contributed by atoms with van der Waals surface area (Å²) in [5.74, 6) is -1.35. The van der Waals surface area contributed by atoms with Crippen LogP contribution in [-0.2, 0) is 14.4 Å². The van der Waals surface area contributed by atoms with Crippen molar-refractivity contribution < 1.29 is 19.5 Å². The molecule has 1 aromatic heterocycles. The van der Waals surface area contributed by atoms with E-state index < -0.39 is 23.3 Å². The Kier molecular flexibility index (Phi) is 6.47. The number of aromatic amines is 1. The second kappa shape index (κ2) is 8.84. The number of hydrogen-bond donors (Lipinski definition) is 3. The molecule has 0 spiro atoms. The van der Waals surface area contributed by atoms with Crippen molar-refractivity contribution in [1.82, 2.24) is 30.8 Å². The van der Waals surface area contributed by atoms with Crippen LogP contribution in [-0.4, -0.2) is 82.3 Å². The van der Waals surface area contributed by atoms with Gasteiger partial charge in [-0.15, -0.1) is 33.7 Å². The zero-order valence-corrected chi connectivity index (χ0v) is 16.9. The van der Waals surface area contributed by atoms with Gasteiger partial charge in [0.1, 0.15) is 17.1 Å². The number of tetrazole rings is 1. The van der Waals surface area contributed by atoms with Crippen LogP contribution in [0.25, 0.3) is 0 Å². The number of thioether (sulfide) groups is 3. The number of hydrogen-bond acceptors (Lipinski definition) is 10. The number of carboxylic acids is 1. The van der Waals surface area contributed by atoms with Gasteiger partial charge in [-0.2, -0.15) is 10.5 Å². The van der Waals surface area contributed by atoms with E-state index in [1.807, 2.05) is 13.0 Å². The number of amides is 2. The van der Waals surface area contributed by atoms with Crippen molar-refractivity contribution in [2.75, 3.05) is 17.3 Å². The van der Waals surface area contributed by atoms with Crippen molar-refractivity contribution >= 4 is 53.1 Å². The number of nitrogens with one attached hydrogen (secondary N) is 2. The Labute approximate surface area is 172 Å². The Hall–Kier alpha value is -2.24. The topological polar surface area (TPSA) is 165 Å². The van der Waals surface area contributed by atoms with Crippen molar-refractivity contribution in [3.8, 4) is 6.07 Å². The van der Waals surface area contributed by atoms with Crippen LogP contribution in [0.15, 0.2) is 16.4 Å². The van der Waals surface area contributed by atoms with Gasteiger partial charge in [-0.25, -0.2) is 4.79 Å². The van der Waals surface area contributed by atoms with E-state index in [0.29, 0.717) is 16.5 Å². The molecule has 14 heteroatoms. The Morgan fingerprint density at radius 3 is 3.00 bits per heavy atom. The zero-order valence-electron chi connectivity index (χ0n) is 14.5. The summed E-state index contributed by atoms with van der Waals surface area (Å²) in [6.07, 6.45) is 0. The van der Waals surface area contributed by atoms with Gasteiger partial charge < -0.3 is 10.4 Å². The molecule has 2 amide bonds. The van der Waals surface area contributed by atoms with Gasteiger partial charge in [0.05, 0.1) is 17.6 Å². The highest BCUT2D eigenvalue weighted by atomic mass is 32.2. The number of aromatic nitrogens is 4. The fraction of sp³-hybridized carbons (Fsp3) is 0.500. The molecule has 0 radical (unpaired) electrons. The third-order valence-electron chi connectivity index (χ3n) is 4.02. The van der Waals surface area contributed by atoms with E-state index in [9.17, 15) is 19.5 Å². The van der Waals surface area contributed by atoms with Gasteiger partial charge >= 0.3 is 5.97 Å². The number of carboxylic acid groups (broad SMARTS) is 1. The molecule has 0 bridgehead atoms. The molecule has 0 saturated carbocycles. The molecule has 1 saturated heterocycles. The van der Waals surface area contributed by atoms with Crippen molar-refractivity contribution in [3.05, 3.63) is 11.3 Å². The molecule has 2 aliphatic heterocycles. The molecule has 2 unspecified atom stereocenters. The highest BCUT2D eigenvalue weighted by Crippen LogP contribution is 2.43. The van der Waals surface area contributed by atoms with Gasteiger partial charge in [-0.05, 0) is 17.7 Å². The molecule has 3 heterocycles. The first-order valence-corrected chi connectivity index (χ1v) is 11.1. The number of H-pyrrole nitrogens is 1. The summed E-state index contributed by atoms with van der Waals surface area (Å²) in [5.41, 5.74) is 0.535. The lowest BCUT2D eigenvalue weighted by atomic mass is 10.0. The molecule has 3 atom stereocenters. The monoisotopic (exact) mass is 441 g/mol. The molecular weight excluding hydrogens is 426 g/mol. The maximum absolute atomic E-state index is 12.6. The van der Waals surface area contributed by atoms with Gasteiger partial charge in [0.15, 0.2) is 0 Å². The predicted molar refractivity (Wildman–Crippen MR) is 102 cm³/mol. The predicted octanol–water partition coefficient (Wildman–Crippen LogP) is -0.324. The van der Waals surface area contributed by atoms with E-state index in [1.165, 1.54) is 28.4 Å². The summed E-state index contributed by atoms with van der Waals surface area (Å²) in [4.78, 5) is 37.6. The fourth-order valence-corrected chi connectivity index (χ4v) is 5.67. The third-order valence-corrected chi connectivity index (χ3v) is 7.14. The average Bonchev–Trinajstić information content (AvgIpc) is 3.17. The van der Waals surface area contributed by atoms with Crippen LogP contribution in [0.4, 0.5) is 0 Å². The molecule has 28 heavy (non-hydrogen) atoms. The number of fused-ring (bicyclic) bond motifs is 1. The average molecular weight is 442 g/mol. The summed E-state index contributed by atoms with van der Waals surface area (Å²) < 4.78 is 0. The SMILES string of the molecule is CC(Sc1nn[nH]n1)C1=C(C(=O)O)N2C(=O)C(NC(=O)CSCC#N)[C@H]2SC1. The number of carbonyl (C=O) groups excluding carboxylic acids is 2. The van der Waals surface area contributed by atoms with Gasteiger partial charge in [-0.3, -0.25) is 14.5 Å². The molecule has 3 N–H and O–H groups in total. The molecule has 0 aliphatic carbocycles. The standard InChI is InChI=1S/C14H15N7O4S3/c1-6(28-14-17-19-20-18-14)7-4-27-12-9(16-8(22)5-26-3-2-15)11(23)21(12)10(7)13(24)25/h6,9,12H,3-5H2,1H3,(H,16,22)(H,24,25)(H,17,18,19,20)/t6?,9?,12-/m1/s1. The van der Waals surface area contributed by atoms with Crippen LogP contribution >= 0.6 is 35.3 Å². The molecule has 0 aromatic carbocycles. The van der Waals surface area contributed by atoms with Crippen LogP contribution < -0.4 is 5.32 Å². The zero-order chi connectivity index (χ0) is 20.3. The van der Waals surface area contributed by atoms with Crippen molar-refractivity contribution in [3.63, 3.8) is 0 Å². The molecular formula is C14H15N7O4S3. The lowest BCUT2D eigenvalue weighted by molar-refractivity contribution is -0.150. The minimum absolute atomic E-state index is 0.0541. The smallest absolute Gasteiger partial charge is 0.352 e. The number of β-lactam (4-membered cyclic amide) rings is 1. The molecule has 3 rings (SSSR count). The van der Waals surface area contributed by atoms with E-state index in [4.69, 9.17) is 5.26 Å². The maximum atomic E-state index is 12.6. The first-order valence-electron chi connectivity index (χ1n) is 7.99. The minimum Gasteiger partial charge on any atom is -0.477 e. The summed E-state index contributed by atoms with van der Waals surface area (Å²) in [6, 6.07) is 1.16. The highest BCUT2D eigenvalue weighted by molar-refractivity contribution is 8.01. The van der Waals surface area contributed by atoms with Gasteiger partial charge in [0, 0.05) is 11.0 Å². The normalized spacial score (nSPS) is 22.1. The van der Waals surface area contributed by atoms with E-state index in [1.54, 1.807) is 0 Å². The van der Waals surface area contributed by atoms with Gasteiger partial charge in [0.2, 0.25) is 11.1 Å². The highest BCUT2D eigenvalue weighted by Gasteiger charge is 2.54. The maximum Gasteiger partial charge on any atom is 0.352 e. The van der Waals surface area contributed by atoms with Crippen LogP contribution in [0, 0.1) is 11.3 Å². The van der Waals surface area contributed by atoms with Crippen molar-refractivity contribution in [2.45, 2.75) is 28.7 Å². The number of nitriles is 1. The Morgan fingerprint density at radius 2 is 2.36 bits per heavy atom. The van der Waals surface area contributed by atoms with Gasteiger partial charge in [0.25, 0.3) is 5.91 Å². The largest absolute Gasteiger partial charge is 0.477 e. The number of nitrogens with zero attached hydrogens (tertiary/aromatic N) is 5. The third kappa shape index (κ3) is 4.10. The van der Waals surface area contributed by atoms with Crippen LogP contribution in [0.1, 0.15) is 6.92 Å². The van der Waals surface area contributed by atoms with Crippen LogP contribution in [0.3, 0.4) is 0 Å². The molecule has 1 aromatic rings. The van der Waals surface area contributed by atoms with Crippen LogP contribution in [0.5, 0.6) is 0 Å².